The van der Waals surface area contributed by atoms with E-state index in [0.717, 1.165) is 24.8 Å². The van der Waals surface area contributed by atoms with Gasteiger partial charge in [0.25, 0.3) is 0 Å². The topological polar surface area (TPSA) is 94.2 Å². The van der Waals surface area contributed by atoms with Gasteiger partial charge in [-0.15, -0.1) is 0 Å². The van der Waals surface area contributed by atoms with Crippen LogP contribution < -0.4 is 19.5 Å². The summed E-state index contributed by atoms with van der Waals surface area (Å²) in [4.78, 5) is 12.5. The number of sulfonamides is 1. The van der Waals surface area contributed by atoms with Crippen LogP contribution in [0.2, 0.25) is 0 Å². The molecule has 1 aliphatic heterocycles. The average Bonchev–Trinajstić information content (AvgIpc) is 2.86. The second kappa shape index (κ2) is 11.2. The lowest BCUT2D eigenvalue weighted by Crippen LogP contribution is -2.35. The Kier molecular flexibility index (Phi) is 8.35. The van der Waals surface area contributed by atoms with Crippen molar-refractivity contribution in [3.8, 4) is 17.2 Å². The SMILES string of the molecule is COc1cc(/C=C/C(=O)NCc2ccc(S(=O)(=O)N3CCCCC3)cc2)cc(OC)c1OC. The van der Waals surface area contributed by atoms with Gasteiger partial charge in [-0.3, -0.25) is 4.79 Å². The normalized spacial score (nSPS) is 14.8. The van der Waals surface area contributed by atoms with E-state index in [0.29, 0.717) is 35.9 Å². The molecule has 9 heteroatoms. The zero-order chi connectivity index (χ0) is 23.8. The monoisotopic (exact) mass is 474 g/mol. The molecule has 1 saturated heterocycles. The molecule has 0 radical (unpaired) electrons. The highest BCUT2D eigenvalue weighted by Gasteiger charge is 2.25. The first-order valence-corrected chi connectivity index (χ1v) is 12.2. The second-order valence-corrected chi connectivity index (χ2v) is 9.56. The maximum Gasteiger partial charge on any atom is 0.244 e. The molecule has 3 rings (SSSR count). The minimum absolute atomic E-state index is 0.279. The lowest BCUT2D eigenvalue weighted by atomic mass is 10.1. The maximum absolute atomic E-state index is 12.7. The van der Waals surface area contributed by atoms with E-state index >= 15 is 0 Å². The Labute approximate surface area is 195 Å². The minimum Gasteiger partial charge on any atom is -0.493 e. The number of rotatable bonds is 9. The second-order valence-electron chi connectivity index (χ2n) is 7.62. The first kappa shape index (κ1) is 24.6. The molecule has 1 N–H and O–H groups in total. The summed E-state index contributed by atoms with van der Waals surface area (Å²) in [5.74, 6) is 1.19. The fourth-order valence-electron chi connectivity index (χ4n) is 3.65. The molecule has 178 valence electrons. The van der Waals surface area contributed by atoms with Crippen LogP contribution in [0.1, 0.15) is 30.4 Å². The van der Waals surface area contributed by atoms with E-state index in [1.807, 2.05) is 0 Å². The predicted octanol–water partition coefficient (Wildman–Crippen LogP) is 3.22. The summed E-state index contributed by atoms with van der Waals surface area (Å²) in [5.41, 5.74) is 1.52. The molecular formula is C24H30N2O6S. The van der Waals surface area contributed by atoms with Crippen LogP contribution in [0.25, 0.3) is 6.08 Å². The third kappa shape index (κ3) is 6.06. The molecule has 8 nitrogen and oxygen atoms in total. The number of benzene rings is 2. The van der Waals surface area contributed by atoms with Gasteiger partial charge in [-0.1, -0.05) is 18.6 Å². The number of nitrogens with zero attached hydrogens (tertiary/aromatic N) is 1. The summed E-state index contributed by atoms with van der Waals surface area (Å²) in [6.45, 7) is 1.42. The van der Waals surface area contributed by atoms with Crippen LogP contribution in [0.4, 0.5) is 0 Å². The Morgan fingerprint density at radius 1 is 0.970 bits per heavy atom. The molecule has 0 bridgehead atoms. The van der Waals surface area contributed by atoms with Gasteiger partial charge in [0.05, 0.1) is 26.2 Å². The summed E-state index contributed by atoms with van der Waals surface area (Å²) in [6, 6.07) is 10.1. The van der Waals surface area contributed by atoms with Gasteiger partial charge >= 0.3 is 0 Å². The number of carbonyl (C=O) groups excluding carboxylic acids is 1. The van der Waals surface area contributed by atoms with Crippen LogP contribution in [-0.4, -0.2) is 53.0 Å². The van der Waals surface area contributed by atoms with Gasteiger partial charge in [0.1, 0.15) is 0 Å². The molecule has 1 fully saturated rings. The Balaban J connectivity index is 1.60. The number of hydrogen-bond donors (Lipinski definition) is 1. The van der Waals surface area contributed by atoms with Gasteiger partial charge in [0.2, 0.25) is 21.7 Å². The first-order valence-electron chi connectivity index (χ1n) is 10.7. The van der Waals surface area contributed by atoms with Crippen LogP contribution in [0.5, 0.6) is 17.2 Å². The molecule has 0 unspecified atom stereocenters. The summed E-state index contributed by atoms with van der Waals surface area (Å²) < 4.78 is 43.0. The van der Waals surface area contributed by atoms with E-state index in [2.05, 4.69) is 5.32 Å². The zero-order valence-electron chi connectivity index (χ0n) is 19.2. The number of carbonyl (C=O) groups is 1. The molecule has 33 heavy (non-hydrogen) atoms. The fraction of sp³-hybridized carbons (Fsp3) is 0.375. The average molecular weight is 475 g/mol. The largest absolute Gasteiger partial charge is 0.493 e. The maximum atomic E-state index is 12.7. The molecule has 0 aliphatic carbocycles. The number of ether oxygens (including phenoxy) is 3. The molecule has 0 saturated carbocycles. The quantitative estimate of drug-likeness (QED) is 0.561. The number of methoxy groups -OCH3 is 3. The molecule has 2 aromatic rings. The fourth-order valence-corrected chi connectivity index (χ4v) is 5.17. The van der Waals surface area contributed by atoms with Gasteiger partial charge < -0.3 is 19.5 Å². The minimum atomic E-state index is -3.46. The van der Waals surface area contributed by atoms with Crippen LogP contribution in [0, 0.1) is 0 Å². The van der Waals surface area contributed by atoms with Gasteiger partial charge in [-0.25, -0.2) is 8.42 Å². The number of piperidine rings is 1. The lowest BCUT2D eigenvalue weighted by Gasteiger charge is -2.25. The predicted molar refractivity (Wildman–Crippen MR) is 126 cm³/mol. The van der Waals surface area contributed by atoms with Crippen molar-refractivity contribution in [2.45, 2.75) is 30.7 Å². The van der Waals surface area contributed by atoms with Crippen molar-refractivity contribution in [2.24, 2.45) is 0 Å². The molecule has 1 amide bonds. The van der Waals surface area contributed by atoms with Crippen LogP contribution in [0.3, 0.4) is 0 Å². The smallest absolute Gasteiger partial charge is 0.244 e. The molecule has 0 aromatic heterocycles. The Morgan fingerprint density at radius 2 is 1.58 bits per heavy atom. The van der Waals surface area contributed by atoms with E-state index in [-0.39, 0.29) is 17.3 Å². The third-order valence-electron chi connectivity index (χ3n) is 5.46. The van der Waals surface area contributed by atoms with Crippen LogP contribution in [0.15, 0.2) is 47.4 Å². The van der Waals surface area contributed by atoms with E-state index in [1.165, 1.54) is 27.4 Å². The van der Waals surface area contributed by atoms with E-state index in [9.17, 15) is 13.2 Å². The van der Waals surface area contributed by atoms with Gasteiger partial charge in [0, 0.05) is 25.7 Å². The highest BCUT2D eigenvalue weighted by atomic mass is 32.2. The van der Waals surface area contributed by atoms with Gasteiger partial charge in [0.15, 0.2) is 11.5 Å². The summed E-state index contributed by atoms with van der Waals surface area (Å²) >= 11 is 0. The highest BCUT2D eigenvalue weighted by molar-refractivity contribution is 7.89. The van der Waals surface area contributed by atoms with Crippen LogP contribution >= 0.6 is 0 Å². The number of hydrogen-bond acceptors (Lipinski definition) is 6. The van der Waals surface area contributed by atoms with Gasteiger partial charge in [-0.05, 0) is 54.3 Å². The molecule has 0 atom stereocenters. The molecule has 2 aromatic carbocycles. The molecule has 1 heterocycles. The number of nitrogens with one attached hydrogen (secondary N) is 1. The van der Waals surface area contributed by atoms with Crippen molar-refractivity contribution < 1.29 is 27.4 Å². The summed E-state index contributed by atoms with van der Waals surface area (Å²) in [7, 11) is 1.12. The molecular weight excluding hydrogens is 444 g/mol. The summed E-state index contributed by atoms with van der Waals surface area (Å²) in [5, 5.41) is 2.80. The Hall–Kier alpha value is -3.04. The lowest BCUT2D eigenvalue weighted by molar-refractivity contribution is -0.116. The van der Waals surface area contributed by atoms with Crippen molar-refractivity contribution in [2.75, 3.05) is 34.4 Å². The van der Waals surface area contributed by atoms with E-state index in [1.54, 1.807) is 46.8 Å². The van der Waals surface area contributed by atoms with Crippen LogP contribution in [-0.2, 0) is 21.4 Å². The van der Waals surface area contributed by atoms with E-state index < -0.39 is 10.0 Å². The van der Waals surface area contributed by atoms with Crippen molar-refractivity contribution in [3.63, 3.8) is 0 Å². The first-order chi connectivity index (χ1) is 15.9. The van der Waals surface area contributed by atoms with Crippen molar-refractivity contribution in [1.29, 1.82) is 0 Å². The third-order valence-corrected chi connectivity index (χ3v) is 7.37. The summed E-state index contributed by atoms with van der Waals surface area (Å²) in [6.07, 6.45) is 5.92. The van der Waals surface area contributed by atoms with Crippen molar-refractivity contribution in [1.82, 2.24) is 9.62 Å². The van der Waals surface area contributed by atoms with E-state index in [4.69, 9.17) is 14.2 Å². The Bertz CT molecular complexity index is 1070. The standard InChI is InChI=1S/C24H30N2O6S/c1-30-21-15-19(16-22(31-2)24(21)32-3)9-12-23(27)25-17-18-7-10-20(11-8-18)33(28,29)26-13-5-4-6-14-26/h7-12,15-16H,4-6,13-14,17H2,1-3H3,(H,25,27)/b12-9+. The number of amides is 1. The van der Waals surface area contributed by atoms with Crippen molar-refractivity contribution in [3.05, 3.63) is 53.6 Å². The Morgan fingerprint density at radius 3 is 2.12 bits per heavy atom. The molecule has 0 spiro atoms. The molecule has 1 aliphatic rings. The highest BCUT2D eigenvalue weighted by Crippen LogP contribution is 2.38. The van der Waals surface area contributed by atoms with Gasteiger partial charge in [-0.2, -0.15) is 4.31 Å². The zero-order valence-corrected chi connectivity index (χ0v) is 20.0. The van der Waals surface area contributed by atoms with Crippen molar-refractivity contribution >= 4 is 22.0 Å².